The Morgan fingerprint density at radius 3 is 2.50 bits per heavy atom. The Kier molecular flexibility index (Phi) is 5.25. The van der Waals surface area contributed by atoms with E-state index in [4.69, 9.17) is 4.42 Å². The van der Waals surface area contributed by atoms with Crippen LogP contribution in [0.4, 0.5) is 5.82 Å². The van der Waals surface area contributed by atoms with Gasteiger partial charge >= 0.3 is 0 Å². The molecule has 8 heteroatoms. The molecule has 3 aromatic rings. The Morgan fingerprint density at radius 1 is 1.09 bits per heavy atom. The quantitative estimate of drug-likeness (QED) is 0.648. The second-order valence-corrected chi connectivity index (χ2v) is 9.22. The third-order valence-electron chi connectivity index (χ3n) is 6.78. The van der Waals surface area contributed by atoms with E-state index in [1.165, 1.54) is 30.2 Å². The SMILES string of the molecule is CN(C)C(=O)c1cc2cc(-c3ccc(N(C)[C@@H]4C[C@H]5CCC[C@@H](C4)N5)nn3)c(O)cc2o1. The molecule has 0 radical (unpaired) electrons. The van der Waals surface area contributed by atoms with Crippen LogP contribution in [0.1, 0.15) is 42.7 Å². The largest absolute Gasteiger partial charge is 0.507 e. The second kappa shape index (κ2) is 8.09. The predicted octanol–water partition coefficient (Wildman–Crippen LogP) is 3.41. The summed E-state index contributed by atoms with van der Waals surface area (Å²) < 4.78 is 5.61. The van der Waals surface area contributed by atoms with Crippen LogP contribution < -0.4 is 10.2 Å². The van der Waals surface area contributed by atoms with E-state index in [-0.39, 0.29) is 17.4 Å². The van der Waals surface area contributed by atoms with Crippen molar-refractivity contribution < 1.29 is 14.3 Å². The zero-order chi connectivity index (χ0) is 22.4. The van der Waals surface area contributed by atoms with E-state index in [1.807, 2.05) is 12.1 Å². The highest BCUT2D eigenvalue weighted by atomic mass is 16.3. The molecule has 2 fully saturated rings. The number of anilines is 1. The molecule has 8 nitrogen and oxygen atoms in total. The van der Waals surface area contributed by atoms with E-state index >= 15 is 0 Å². The first-order chi connectivity index (χ1) is 15.4. The smallest absolute Gasteiger partial charge is 0.289 e. The third-order valence-corrected chi connectivity index (χ3v) is 6.78. The van der Waals surface area contributed by atoms with Gasteiger partial charge in [-0.15, -0.1) is 10.2 Å². The first kappa shape index (κ1) is 20.8. The molecule has 168 valence electrons. The summed E-state index contributed by atoms with van der Waals surface area (Å²) in [5, 5.41) is 23.9. The predicted molar refractivity (Wildman–Crippen MR) is 123 cm³/mol. The Balaban J connectivity index is 1.38. The minimum atomic E-state index is -0.225. The van der Waals surface area contributed by atoms with Crippen molar-refractivity contribution in [3.8, 4) is 17.0 Å². The van der Waals surface area contributed by atoms with Crippen molar-refractivity contribution in [1.29, 1.82) is 0 Å². The van der Waals surface area contributed by atoms with E-state index in [2.05, 4.69) is 27.5 Å². The number of phenols is 1. The highest BCUT2D eigenvalue weighted by Gasteiger charge is 2.33. The molecule has 2 aliphatic rings. The Morgan fingerprint density at radius 2 is 1.84 bits per heavy atom. The number of piperidine rings is 2. The molecule has 2 bridgehead atoms. The summed E-state index contributed by atoms with van der Waals surface area (Å²) in [6.07, 6.45) is 6.08. The molecule has 1 aromatic carbocycles. The Hall–Kier alpha value is -3.13. The van der Waals surface area contributed by atoms with Crippen LogP contribution in [0.5, 0.6) is 5.75 Å². The maximum Gasteiger partial charge on any atom is 0.289 e. The van der Waals surface area contributed by atoms with Gasteiger partial charge in [0, 0.05) is 56.3 Å². The molecular formula is C24H29N5O3. The molecule has 2 aromatic heterocycles. The highest BCUT2D eigenvalue weighted by Crippen LogP contribution is 2.35. The number of fused-ring (bicyclic) bond motifs is 3. The fourth-order valence-corrected chi connectivity index (χ4v) is 5.00. The molecule has 0 aliphatic carbocycles. The number of hydrogen-bond donors (Lipinski definition) is 2. The van der Waals surface area contributed by atoms with Crippen LogP contribution in [0, 0.1) is 0 Å². The minimum absolute atomic E-state index is 0.0392. The van der Waals surface area contributed by atoms with Gasteiger partial charge in [0.25, 0.3) is 5.91 Å². The Labute approximate surface area is 187 Å². The average Bonchev–Trinajstić information content (AvgIpc) is 3.20. The van der Waals surface area contributed by atoms with Gasteiger partial charge in [0.15, 0.2) is 11.6 Å². The molecule has 3 atom stereocenters. The lowest BCUT2D eigenvalue weighted by molar-refractivity contribution is 0.0799. The summed E-state index contributed by atoms with van der Waals surface area (Å²) in [6.45, 7) is 0. The number of carbonyl (C=O) groups excluding carboxylic acids is 1. The first-order valence-corrected chi connectivity index (χ1v) is 11.2. The van der Waals surface area contributed by atoms with Gasteiger partial charge in [-0.1, -0.05) is 6.42 Å². The molecule has 32 heavy (non-hydrogen) atoms. The number of aromatic nitrogens is 2. The van der Waals surface area contributed by atoms with Gasteiger partial charge in [-0.2, -0.15) is 0 Å². The van der Waals surface area contributed by atoms with E-state index < -0.39 is 0 Å². The van der Waals surface area contributed by atoms with E-state index in [0.717, 1.165) is 24.0 Å². The summed E-state index contributed by atoms with van der Waals surface area (Å²) in [4.78, 5) is 15.9. The van der Waals surface area contributed by atoms with Gasteiger partial charge in [0.05, 0.1) is 5.69 Å². The summed E-state index contributed by atoms with van der Waals surface area (Å²) in [6, 6.07) is 10.5. The van der Waals surface area contributed by atoms with Gasteiger partial charge in [-0.3, -0.25) is 4.79 Å². The van der Waals surface area contributed by atoms with E-state index in [1.54, 1.807) is 26.2 Å². The number of nitrogens with one attached hydrogen (secondary N) is 1. The monoisotopic (exact) mass is 435 g/mol. The Bertz CT molecular complexity index is 1130. The molecule has 0 saturated carbocycles. The number of hydrogen-bond acceptors (Lipinski definition) is 7. The number of phenolic OH excluding ortho intramolecular Hbond substituents is 1. The summed E-state index contributed by atoms with van der Waals surface area (Å²) in [7, 11) is 5.43. The summed E-state index contributed by atoms with van der Waals surface area (Å²) in [5.41, 5.74) is 1.59. The first-order valence-electron chi connectivity index (χ1n) is 11.2. The molecule has 1 amide bonds. The van der Waals surface area contributed by atoms with Crippen LogP contribution in [0.3, 0.4) is 0 Å². The lowest BCUT2D eigenvalue weighted by Crippen LogP contribution is -2.54. The number of benzene rings is 1. The average molecular weight is 436 g/mol. The van der Waals surface area contributed by atoms with Gasteiger partial charge in [0.1, 0.15) is 11.3 Å². The minimum Gasteiger partial charge on any atom is -0.507 e. The van der Waals surface area contributed by atoms with Crippen molar-refractivity contribution in [3.05, 3.63) is 36.1 Å². The van der Waals surface area contributed by atoms with Crippen molar-refractivity contribution in [1.82, 2.24) is 20.4 Å². The summed E-state index contributed by atoms with van der Waals surface area (Å²) in [5.74, 6) is 0.881. The number of furan rings is 1. The van der Waals surface area contributed by atoms with Crippen molar-refractivity contribution >= 4 is 22.7 Å². The normalized spacial score (nSPS) is 22.7. The molecule has 4 heterocycles. The number of amides is 1. The number of carbonyl (C=O) groups is 1. The van der Waals surface area contributed by atoms with Crippen LogP contribution in [0.2, 0.25) is 0 Å². The summed E-state index contributed by atoms with van der Waals surface area (Å²) >= 11 is 0. The van der Waals surface area contributed by atoms with Crippen LogP contribution in [0.25, 0.3) is 22.2 Å². The standard InChI is InChI=1S/C24H29N5O3/c1-28(2)24(31)22-10-14-9-18(20(30)13-21(14)32-22)19-7-8-23(27-26-19)29(3)17-11-15-5-4-6-16(12-17)25-15/h7-10,13,15-17,25,30H,4-6,11-12H2,1-3H3/t15-,16+,17-. The van der Waals surface area contributed by atoms with Crippen LogP contribution in [0.15, 0.2) is 34.7 Å². The highest BCUT2D eigenvalue weighted by molar-refractivity contribution is 5.97. The molecule has 5 rings (SSSR count). The number of aromatic hydroxyl groups is 1. The van der Waals surface area contributed by atoms with Crippen LogP contribution in [-0.2, 0) is 0 Å². The molecule has 0 unspecified atom stereocenters. The molecular weight excluding hydrogens is 406 g/mol. The lowest BCUT2D eigenvalue weighted by Gasteiger charge is -2.43. The van der Waals surface area contributed by atoms with Crippen LogP contribution in [-0.4, -0.2) is 65.4 Å². The zero-order valence-electron chi connectivity index (χ0n) is 18.7. The third kappa shape index (κ3) is 3.79. The zero-order valence-corrected chi connectivity index (χ0v) is 18.7. The van der Waals surface area contributed by atoms with Crippen molar-refractivity contribution in [2.75, 3.05) is 26.0 Å². The van der Waals surface area contributed by atoms with E-state index in [0.29, 0.717) is 35.0 Å². The van der Waals surface area contributed by atoms with Crippen molar-refractivity contribution in [3.63, 3.8) is 0 Å². The molecule has 0 spiro atoms. The molecule has 2 N–H and O–H groups in total. The number of nitrogens with zero attached hydrogens (tertiary/aromatic N) is 4. The maximum absolute atomic E-state index is 12.2. The van der Waals surface area contributed by atoms with Crippen molar-refractivity contribution in [2.45, 2.75) is 50.2 Å². The second-order valence-electron chi connectivity index (χ2n) is 9.22. The van der Waals surface area contributed by atoms with E-state index in [9.17, 15) is 9.90 Å². The fraction of sp³-hybridized carbons (Fsp3) is 0.458. The van der Waals surface area contributed by atoms with Crippen molar-refractivity contribution in [2.24, 2.45) is 0 Å². The van der Waals surface area contributed by atoms with Gasteiger partial charge < -0.3 is 24.6 Å². The van der Waals surface area contributed by atoms with Gasteiger partial charge in [0.2, 0.25) is 0 Å². The molecule has 2 saturated heterocycles. The molecule has 2 aliphatic heterocycles. The topological polar surface area (TPSA) is 94.7 Å². The lowest BCUT2D eigenvalue weighted by atomic mass is 9.83. The van der Waals surface area contributed by atoms with Crippen LogP contribution >= 0.6 is 0 Å². The number of rotatable bonds is 4. The fourth-order valence-electron chi connectivity index (χ4n) is 5.00. The maximum atomic E-state index is 12.2. The van der Waals surface area contributed by atoms with Gasteiger partial charge in [-0.25, -0.2) is 0 Å². The van der Waals surface area contributed by atoms with Gasteiger partial charge in [-0.05, 0) is 49.9 Å².